The Morgan fingerprint density at radius 3 is 2.41 bits per heavy atom. The second-order valence-electron chi connectivity index (χ2n) is 6.70. The molecule has 4 nitrogen and oxygen atoms in total. The number of hydrogen-bond acceptors (Lipinski definition) is 3. The van der Waals surface area contributed by atoms with Gasteiger partial charge >= 0.3 is 5.97 Å². The van der Waals surface area contributed by atoms with Gasteiger partial charge in [0.1, 0.15) is 0 Å². The van der Waals surface area contributed by atoms with Gasteiger partial charge in [-0.05, 0) is 53.6 Å². The lowest BCUT2D eigenvalue weighted by atomic mass is 9.99. The Balaban J connectivity index is 1.89. The Bertz CT molecular complexity index is 1190. The maximum atomic E-state index is 13.4. The minimum atomic E-state index is -0.526. The van der Waals surface area contributed by atoms with Crippen molar-refractivity contribution in [1.29, 1.82) is 0 Å². The largest absolute Gasteiger partial charge is 0.465 e. The Kier molecular flexibility index (Phi) is 5.07. The van der Waals surface area contributed by atoms with Gasteiger partial charge in [0.05, 0.1) is 18.3 Å². The standard InChI is InChI=1S/C24H18BrNO3/c1-15-22(24(28)29-2)21(23(27)26(15)19-12-10-18(25)11-13-19)14-17-8-5-7-16-6-3-4-9-20(16)17/h3-14H,1-2H3/b21-14-. The highest BCUT2D eigenvalue weighted by Gasteiger charge is 2.37. The predicted molar refractivity (Wildman–Crippen MR) is 118 cm³/mol. The molecule has 4 rings (SSSR count). The SMILES string of the molecule is COC(=O)C1=C(C)N(c2ccc(Br)cc2)C(=O)/C1=C\c1cccc2ccccc12. The van der Waals surface area contributed by atoms with E-state index in [0.29, 0.717) is 17.0 Å². The van der Waals surface area contributed by atoms with Gasteiger partial charge in [-0.3, -0.25) is 9.69 Å². The molecule has 1 heterocycles. The fourth-order valence-electron chi connectivity index (χ4n) is 3.61. The van der Waals surface area contributed by atoms with Gasteiger partial charge in [0.15, 0.2) is 0 Å². The molecule has 3 aromatic rings. The topological polar surface area (TPSA) is 46.6 Å². The van der Waals surface area contributed by atoms with Crippen molar-refractivity contribution in [2.24, 2.45) is 0 Å². The third-order valence-corrected chi connectivity index (χ3v) is 5.53. The molecule has 0 spiro atoms. The second kappa shape index (κ2) is 7.68. The third-order valence-electron chi connectivity index (χ3n) is 5.00. The van der Waals surface area contributed by atoms with E-state index < -0.39 is 5.97 Å². The minimum absolute atomic E-state index is 0.252. The van der Waals surface area contributed by atoms with Gasteiger partial charge in [-0.25, -0.2) is 4.79 Å². The first-order chi connectivity index (χ1) is 14.0. The number of carbonyl (C=O) groups excluding carboxylic acids is 2. The Hall–Kier alpha value is -3.18. The van der Waals surface area contributed by atoms with Gasteiger partial charge in [-0.1, -0.05) is 58.4 Å². The average molecular weight is 448 g/mol. The van der Waals surface area contributed by atoms with Gasteiger partial charge < -0.3 is 4.74 Å². The van der Waals surface area contributed by atoms with Gasteiger partial charge in [-0.15, -0.1) is 0 Å². The lowest BCUT2D eigenvalue weighted by Crippen LogP contribution is -2.24. The molecule has 0 unspecified atom stereocenters. The van der Waals surface area contributed by atoms with Crippen LogP contribution < -0.4 is 4.90 Å². The van der Waals surface area contributed by atoms with E-state index in [9.17, 15) is 9.59 Å². The molecular weight excluding hydrogens is 430 g/mol. The molecule has 0 bridgehead atoms. The maximum absolute atomic E-state index is 13.4. The molecular formula is C24H18BrNO3. The normalized spacial score (nSPS) is 15.5. The van der Waals surface area contributed by atoms with E-state index in [1.54, 1.807) is 17.9 Å². The first-order valence-corrected chi connectivity index (χ1v) is 9.89. The number of fused-ring (bicyclic) bond motifs is 1. The molecule has 5 heteroatoms. The van der Waals surface area contributed by atoms with E-state index >= 15 is 0 Å². The van der Waals surface area contributed by atoms with Crippen molar-refractivity contribution >= 4 is 50.3 Å². The Morgan fingerprint density at radius 1 is 1.00 bits per heavy atom. The molecule has 0 saturated heterocycles. The summed E-state index contributed by atoms with van der Waals surface area (Å²) in [7, 11) is 1.32. The van der Waals surface area contributed by atoms with Crippen LogP contribution in [0.3, 0.4) is 0 Å². The minimum Gasteiger partial charge on any atom is -0.465 e. The number of halogens is 1. The smallest absolute Gasteiger partial charge is 0.340 e. The zero-order valence-electron chi connectivity index (χ0n) is 16.0. The number of carbonyl (C=O) groups is 2. The number of esters is 1. The van der Waals surface area contributed by atoms with Crippen LogP contribution in [-0.4, -0.2) is 19.0 Å². The van der Waals surface area contributed by atoms with Gasteiger partial charge in [0.25, 0.3) is 5.91 Å². The van der Waals surface area contributed by atoms with E-state index in [-0.39, 0.29) is 11.5 Å². The molecule has 0 radical (unpaired) electrons. The number of anilines is 1. The summed E-state index contributed by atoms with van der Waals surface area (Å²) in [5, 5.41) is 2.08. The third kappa shape index (κ3) is 3.38. The molecule has 1 aliphatic heterocycles. The van der Waals surface area contributed by atoms with Crippen LogP contribution in [-0.2, 0) is 14.3 Å². The van der Waals surface area contributed by atoms with E-state index in [0.717, 1.165) is 20.8 Å². The van der Waals surface area contributed by atoms with Gasteiger partial charge in [0, 0.05) is 15.9 Å². The number of ether oxygens (including phenoxy) is 1. The fraction of sp³-hybridized carbons (Fsp3) is 0.0833. The number of allylic oxidation sites excluding steroid dienone is 1. The molecule has 0 saturated carbocycles. The summed E-state index contributed by atoms with van der Waals surface area (Å²) in [5.74, 6) is -0.778. The molecule has 3 aromatic carbocycles. The predicted octanol–water partition coefficient (Wildman–Crippen LogP) is 5.48. The van der Waals surface area contributed by atoms with Crippen LogP contribution in [0.25, 0.3) is 16.8 Å². The summed E-state index contributed by atoms with van der Waals surface area (Å²) in [4.78, 5) is 27.5. The van der Waals surface area contributed by atoms with Crippen LogP contribution in [0, 0.1) is 0 Å². The highest BCUT2D eigenvalue weighted by molar-refractivity contribution is 9.10. The lowest BCUT2D eigenvalue weighted by molar-refractivity contribution is -0.136. The van der Waals surface area contributed by atoms with Crippen LogP contribution in [0.4, 0.5) is 5.69 Å². The summed E-state index contributed by atoms with van der Waals surface area (Å²) >= 11 is 3.41. The summed E-state index contributed by atoms with van der Waals surface area (Å²) in [6, 6.07) is 21.2. The highest BCUT2D eigenvalue weighted by Crippen LogP contribution is 2.36. The molecule has 1 amide bonds. The number of nitrogens with zero attached hydrogens (tertiary/aromatic N) is 1. The zero-order valence-corrected chi connectivity index (χ0v) is 17.6. The van der Waals surface area contributed by atoms with E-state index in [1.165, 1.54) is 7.11 Å². The maximum Gasteiger partial charge on any atom is 0.340 e. The van der Waals surface area contributed by atoms with Crippen molar-refractivity contribution < 1.29 is 14.3 Å². The molecule has 0 aromatic heterocycles. The average Bonchev–Trinajstić information content (AvgIpc) is 2.98. The highest BCUT2D eigenvalue weighted by atomic mass is 79.9. The molecule has 0 fully saturated rings. The molecule has 0 aliphatic carbocycles. The van der Waals surface area contributed by atoms with Gasteiger partial charge in [0.2, 0.25) is 0 Å². The van der Waals surface area contributed by atoms with E-state index in [2.05, 4.69) is 15.9 Å². The molecule has 0 atom stereocenters. The number of methoxy groups -OCH3 is 1. The summed E-state index contributed by atoms with van der Waals surface area (Å²) in [5.41, 5.74) is 2.73. The van der Waals surface area contributed by atoms with Crippen molar-refractivity contribution in [3.8, 4) is 0 Å². The molecule has 29 heavy (non-hydrogen) atoms. The van der Waals surface area contributed by atoms with Gasteiger partial charge in [-0.2, -0.15) is 0 Å². The van der Waals surface area contributed by atoms with Crippen LogP contribution >= 0.6 is 15.9 Å². The Labute approximate surface area is 177 Å². The van der Waals surface area contributed by atoms with Crippen molar-refractivity contribution in [2.45, 2.75) is 6.92 Å². The monoisotopic (exact) mass is 447 g/mol. The van der Waals surface area contributed by atoms with Crippen molar-refractivity contribution in [2.75, 3.05) is 12.0 Å². The van der Waals surface area contributed by atoms with E-state index in [4.69, 9.17) is 4.74 Å². The zero-order chi connectivity index (χ0) is 20.5. The summed E-state index contributed by atoms with van der Waals surface area (Å²) in [6.07, 6.45) is 1.78. The fourth-order valence-corrected chi connectivity index (χ4v) is 3.88. The molecule has 144 valence electrons. The van der Waals surface area contributed by atoms with Crippen LogP contribution in [0.1, 0.15) is 12.5 Å². The number of rotatable bonds is 3. The number of benzene rings is 3. The van der Waals surface area contributed by atoms with Crippen LogP contribution in [0.15, 0.2) is 88.0 Å². The van der Waals surface area contributed by atoms with Crippen molar-refractivity contribution in [1.82, 2.24) is 0 Å². The van der Waals surface area contributed by atoms with Crippen LogP contribution in [0.5, 0.6) is 0 Å². The summed E-state index contributed by atoms with van der Waals surface area (Å²) in [6.45, 7) is 1.76. The van der Waals surface area contributed by atoms with Crippen molar-refractivity contribution in [3.63, 3.8) is 0 Å². The number of amides is 1. The molecule has 0 N–H and O–H groups in total. The Morgan fingerprint density at radius 2 is 1.69 bits per heavy atom. The quantitative estimate of drug-likeness (QED) is 0.394. The lowest BCUT2D eigenvalue weighted by Gasteiger charge is -2.18. The van der Waals surface area contributed by atoms with Crippen LogP contribution in [0.2, 0.25) is 0 Å². The summed E-state index contributed by atoms with van der Waals surface area (Å²) < 4.78 is 5.90. The van der Waals surface area contributed by atoms with E-state index in [1.807, 2.05) is 66.7 Å². The first-order valence-electron chi connectivity index (χ1n) is 9.10. The number of hydrogen-bond donors (Lipinski definition) is 0. The molecule has 1 aliphatic rings. The second-order valence-corrected chi connectivity index (χ2v) is 7.61. The van der Waals surface area contributed by atoms with Crippen molar-refractivity contribution in [3.05, 3.63) is 93.6 Å². The first kappa shape index (κ1) is 19.2.